The van der Waals surface area contributed by atoms with Gasteiger partial charge in [-0.1, -0.05) is 13.0 Å². The Bertz CT molecular complexity index is 404. The quantitative estimate of drug-likeness (QED) is 0.894. The Balaban J connectivity index is 2.92. The van der Waals surface area contributed by atoms with Gasteiger partial charge in [0, 0.05) is 12.6 Å². The van der Waals surface area contributed by atoms with Crippen LogP contribution in [0, 0.1) is 0 Å². The van der Waals surface area contributed by atoms with Gasteiger partial charge in [-0.2, -0.15) is 13.2 Å². The second kappa shape index (κ2) is 5.61. The Morgan fingerprint density at radius 1 is 1.33 bits per heavy atom. The lowest BCUT2D eigenvalue weighted by atomic mass is 10.1. The van der Waals surface area contributed by atoms with E-state index < -0.39 is 17.5 Å². The number of nitrogens with zero attached hydrogens (tertiary/aromatic N) is 1. The van der Waals surface area contributed by atoms with Crippen LogP contribution >= 0.6 is 0 Å². The normalized spacial score (nSPS) is 13.9. The Morgan fingerprint density at radius 2 is 1.94 bits per heavy atom. The Hall–Kier alpha value is -1.23. The summed E-state index contributed by atoms with van der Waals surface area (Å²) >= 11 is 0. The summed E-state index contributed by atoms with van der Waals surface area (Å²) in [5, 5.41) is 9.23. The van der Waals surface area contributed by atoms with E-state index in [0.717, 1.165) is 18.6 Å². The molecule has 0 fully saturated rings. The van der Waals surface area contributed by atoms with Crippen LogP contribution in [0.5, 0.6) is 5.75 Å². The minimum Gasteiger partial charge on any atom is -0.507 e. The first kappa shape index (κ1) is 14.8. The van der Waals surface area contributed by atoms with Crippen molar-refractivity contribution in [1.82, 2.24) is 4.90 Å². The molecule has 0 spiro atoms. The van der Waals surface area contributed by atoms with Gasteiger partial charge in [0.25, 0.3) is 0 Å². The zero-order chi connectivity index (χ0) is 13.9. The summed E-state index contributed by atoms with van der Waals surface area (Å²) in [6, 6.07) is 3.92. The van der Waals surface area contributed by atoms with Crippen LogP contribution in [-0.2, 0) is 12.7 Å². The van der Waals surface area contributed by atoms with E-state index >= 15 is 0 Å². The van der Waals surface area contributed by atoms with Crippen molar-refractivity contribution >= 4 is 0 Å². The Kier molecular flexibility index (Phi) is 4.62. The van der Waals surface area contributed by atoms with Crippen molar-refractivity contribution in [3.63, 3.8) is 0 Å². The summed E-state index contributed by atoms with van der Waals surface area (Å²) < 4.78 is 37.9. The van der Waals surface area contributed by atoms with E-state index in [1.807, 2.05) is 25.8 Å². The van der Waals surface area contributed by atoms with Crippen molar-refractivity contribution in [2.24, 2.45) is 0 Å². The molecule has 1 unspecified atom stereocenters. The molecule has 0 radical (unpaired) electrons. The second-order valence-electron chi connectivity index (χ2n) is 4.52. The van der Waals surface area contributed by atoms with E-state index in [1.54, 1.807) is 0 Å². The fourth-order valence-corrected chi connectivity index (χ4v) is 1.66. The molecule has 0 saturated heterocycles. The molecule has 1 rings (SSSR count). The lowest BCUT2D eigenvalue weighted by Crippen LogP contribution is -2.27. The van der Waals surface area contributed by atoms with Crippen LogP contribution < -0.4 is 0 Å². The zero-order valence-electron chi connectivity index (χ0n) is 10.8. The Morgan fingerprint density at radius 3 is 2.44 bits per heavy atom. The molecular weight excluding hydrogens is 243 g/mol. The Labute approximate surface area is 105 Å². The van der Waals surface area contributed by atoms with Crippen LogP contribution in [0.3, 0.4) is 0 Å². The fourth-order valence-electron chi connectivity index (χ4n) is 1.66. The number of hydrogen-bond acceptors (Lipinski definition) is 2. The number of alkyl halides is 3. The van der Waals surface area contributed by atoms with E-state index in [-0.39, 0.29) is 0 Å². The van der Waals surface area contributed by atoms with Crippen LogP contribution in [0.2, 0.25) is 0 Å². The summed E-state index contributed by atoms with van der Waals surface area (Å²) in [5.74, 6) is -0.725. The number of phenolic OH excluding ortho intramolecular Hbond substituents is 1. The van der Waals surface area contributed by atoms with Gasteiger partial charge in [0.2, 0.25) is 0 Å². The van der Waals surface area contributed by atoms with Gasteiger partial charge in [0.05, 0.1) is 5.56 Å². The highest BCUT2D eigenvalue weighted by Gasteiger charge is 2.34. The standard InChI is InChI=1S/C13H18F3NO/c1-4-9(2)17(3)8-10-5-6-12(18)11(7-10)13(14,15)16/h5-7,9,18H,4,8H2,1-3H3. The first-order valence-electron chi connectivity index (χ1n) is 5.85. The van der Waals surface area contributed by atoms with Crippen LogP contribution in [0.1, 0.15) is 31.4 Å². The maximum atomic E-state index is 12.6. The van der Waals surface area contributed by atoms with Crippen molar-refractivity contribution in [2.45, 2.75) is 39.0 Å². The lowest BCUT2D eigenvalue weighted by Gasteiger charge is -2.24. The molecule has 0 saturated carbocycles. The predicted octanol–water partition coefficient (Wildman–Crippen LogP) is 3.64. The van der Waals surface area contributed by atoms with Gasteiger partial charge >= 0.3 is 6.18 Å². The van der Waals surface area contributed by atoms with Crippen molar-refractivity contribution in [3.8, 4) is 5.75 Å². The summed E-state index contributed by atoms with van der Waals surface area (Å²) in [7, 11) is 1.87. The fraction of sp³-hybridized carbons (Fsp3) is 0.538. The minimum absolute atomic E-state index is 0.299. The molecule has 1 aromatic rings. The van der Waals surface area contributed by atoms with E-state index in [4.69, 9.17) is 0 Å². The molecule has 5 heteroatoms. The third-order valence-corrected chi connectivity index (χ3v) is 3.14. The molecule has 1 N–H and O–H groups in total. The minimum atomic E-state index is -4.52. The molecule has 1 atom stereocenters. The molecule has 2 nitrogen and oxygen atoms in total. The molecule has 0 aliphatic carbocycles. The van der Waals surface area contributed by atoms with Crippen LogP contribution in [-0.4, -0.2) is 23.1 Å². The van der Waals surface area contributed by atoms with E-state index in [2.05, 4.69) is 0 Å². The molecule has 1 aromatic carbocycles. The van der Waals surface area contributed by atoms with E-state index in [1.165, 1.54) is 6.07 Å². The van der Waals surface area contributed by atoms with Gasteiger partial charge in [-0.25, -0.2) is 0 Å². The lowest BCUT2D eigenvalue weighted by molar-refractivity contribution is -0.138. The molecule has 18 heavy (non-hydrogen) atoms. The number of aromatic hydroxyl groups is 1. The van der Waals surface area contributed by atoms with Crippen LogP contribution in [0.15, 0.2) is 18.2 Å². The number of hydrogen-bond donors (Lipinski definition) is 1. The van der Waals surface area contributed by atoms with Gasteiger partial charge in [0.1, 0.15) is 5.75 Å². The molecular formula is C13H18F3NO. The highest BCUT2D eigenvalue weighted by Crippen LogP contribution is 2.36. The highest BCUT2D eigenvalue weighted by molar-refractivity contribution is 5.38. The van der Waals surface area contributed by atoms with Gasteiger partial charge in [0.15, 0.2) is 0 Å². The van der Waals surface area contributed by atoms with Gasteiger partial charge in [-0.15, -0.1) is 0 Å². The third kappa shape index (κ3) is 3.63. The summed E-state index contributed by atoms with van der Waals surface area (Å²) in [6.07, 6.45) is -3.59. The predicted molar refractivity (Wildman–Crippen MR) is 64.3 cm³/mol. The second-order valence-corrected chi connectivity index (χ2v) is 4.52. The van der Waals surface area contributed by atoms with Crippen LogP contribution in [0.4, 0.5) is 13.2 Å². The van der Waals surface area contributed by atoms with Gasteiger partial charge in [-0.3, -0.25) is 4.90 Å². The van der Waals surface area contributed by atoms with E-state index in [0.29, 0.717) is 18.2 Å². The molecule has 0 amide bonds. The largest absolute Gasteiger partial charge is 0.507 e. The highest BCUT2D eigenvalue weighted by atomic mass is 19.4. The van der Waals surface area contributed by atoms with Gasteiger partial charge in [-0.05, 0) is 38.1 Å². The van der Waals surface area contributed by atoms with Gasteiger partial charge < -0.3 is 5.11 Å². The zero-order valence-corrected chi connectivity index (χ0v) is 10.8. The van der Waals surface area contributed by atoms with Crippen molar-refractivity contribution in [2.75, 3.05) is 7.05 Å². The van der Waals surface area contributed by atoms with Crippen molar-refractivity contribution in [1.29, 1.82) is 0 Å². The first-order chi connectivity index (χ1) is 8.25. The van der Waals surface area contributed by atoms with Crippen molar-refractivity contribution < 1.29 is 18.3 Å². The first-order valence-corrected chi connectivity index (χ1v) is 5.85. The topological polar surface area (TPSA) is 23.5 Å². The molecule has 0 aliphatic heterocycles. The number of rotatable bonds is 4. The van der Waals surface area contributed by atoms with Crippen molar-refractivity contribution in [3.05, 3.63) is 29.3 Å². The third-order valence-electron chi connectivity index (χ3n) is 3.14. The molecule has 0 aliphatic rings. The summed E-state index contributed by atoms with van der Waals surface area (Å²) in [6.45, 7) is 4.47. The summed E-state index contributed by atoms with van der Waals surface area (Å²) in [4.78, 5) is 1.98. The molecule has 0 bridgehead atoms. The van der Waals surface area contributed by atoms with E-state index in [9.17, 15) is 18.3 Å². The number of benzene rings is 1. The maximum absolute atomic E-state index is 12.6. The average Bonchev–Trinajstić information content (AvgIpc) is 2.29. The SMILES string of the molecule is CCC(C)N(C)Cc1ccc(O)c(C(F)(F)F)c1. The monoisotopic (exact) mass is 261 g/mol. The smallest absolute Gasteiger partial charge is 0.419 e. The average molecular weight is 261 g/mol. The molecule has 0 heterocycles. The number of halogens is 3. The molecule has 0 aromatic heterocycles. The molecule has 102 valence electrons. The number of phenols is 1. The maximum Gasteiger partial charge on any atom is 0.419 e. The summed E-state index contributed by atoms with van der Waals surface area (Å²) in [5.41, 5.74) is -0.430. The van der Waals surface area contributed by atoms with Crippen LogP contribution in [0.25, 0.3) is 0 Å².